The van der Waals surface area contributed by atoms with E-state index in [2.05, 4.69) is 10.3 Å². The van der Waals surface area contributed by atoms with E-state index in [1.54, 1.807) is 5.38 Å². The Kier molecular flexibility index (Phi) is 7.54. The van der Waals surface area contributed by atoms with Crippen LogP contribution in [0.15, 0.2) is 51.1 Å². The van der Waals surface area contributed by atoms with Crippen LogP contribution in [0.25, 0.3) is 11.5 Å². The molecule has 0 spiro atoms. The number of nitrogens with one attached hydrogen (secondary N) is 1. The van der Waals surface area contributed by atoms with Crippen LogP contribution >= 0.6 is 34.5 Å². The Labute approximate surface area is 188 Å². The summed E-state index contributed by atoms with van der Waals surface area (Å²) in [7, 11) is -3.74. The summed E-state index contributed by atoms with van der Waals surface area (Å²) < 4.78 is 32.2. The van der Waals surface area contributed by atoms with Crippen LogP contribution in [0.5, 0.6) is 0 Å². The summed E-state index contributed by atoms with van der Waals surface area (Å²) in [5.41, 5.74) is 0.935. The summed E-state index contributed by atoms with van der Waals surface area (Å²) in [6, 6.07) is 9.33. The molecule has 160 valence electrons. The van der Waals surface area contributed by atoms with Gasteiger partial charge >= 0.3 is 0 Å². The third kappa shape index (κ3) is 5.22. The number of carbonyl (C=O) groups is 1. The average Bonchev–Trinajstić information content (AvgIpc) is 3.36. The van der Waals surface area contributed by atoms with Crippen LogP contribution < -0.4 is 5.32 Å². The van der Waals surface area contributed by atoms with Crippen molar-refractivity contribution in [2.75, 3.05) is 30.2 Å². The molecular formula is C19H19Cl2N3O4S2. The molecule has 0 unspecified atom stereocenters. The average molecular weight is 488 g/mol. The predicted molar refractivity (Wildman–Crippen MR) is 119 cm³/mol. The number of alkyl halides is 2. The Hall–Kier alpha value is -1.91. The van der Waals surface area contributed by atoms with Gasteiger partial charge in [0.15, 0.2) is 10.9 Å². The molecule has 0 saturated heterocycles. The fraction of sp³-hybridized carbons (Fsp3) is 0.263. The Balaban J connectivity index is 1.71. The van der Waals surface area contributed by atoms with Gasteiger partial charge in [-0.2, -0.15) is 4.31 Å². The molecule has 1 N–H and O–H groups in total. The zero-order valence-corrected chi connectivity index (χ0v) is 19.1. The molecule has 0 bridgehead atoms. The highest BCUT2D eigenvalue weighted by atomic mass is 35.5. The molecule has 30 heavy (non-hydrogen) atoms. The molecule has 0 atom stereocenters. The van der Waals surface area contributed by atoms with E-state index in [4.69, 9.17) is 27.6 Å². The van der Waals surface area contributed by atoms with Crippen LogP contribution in [0.4, 0.5) is 5.13 Å². The summed E-state index contributed by atoms with van der Waals surface area (Å²) in [5.74, 6) is 1.31. The quantitative estimate of drug-likeness (QED) is 0.450. The normalized spacial score (nSPS) is 11.7. The molecule has 2 aromatic heterocycles. The number of rotatable bonds is 9. The Bertz CT molecular complexity index is 1110. The molecule has 1 aromatic carbocycles. The van der Waals surface area contributed by atoms with E-state index < -0.39 is 15.9 Å². The van der Waals surface area contributed by atoms with Gasteiger partial charge in [0.05, 0.1) is 4.90 Å². The van der Waals surface area contributed by atoms with Gasteiger partial charge in [0.2, 0.25) is 10.0 Å². The molecule has 3 rings (SSSR count). The number of aromatic nitrogens is 1. The van der Waals surface area contributed by atoms with Gasteiger partial charge in [-0.1, -0.05) is 0 Å². The third-order valence-electron chi connectivity index (χ3n) is 4.14. The molecule has 1 amide bonds. The maximum absolute atomic E-state index is 12.7. The van der Waals surface area contributed by atoms with E-state index in [1.807, 2.05) is 19.1 Å². The summed E-state index contributed by atoms with van der Waals surface area (Å²) in [6.45, 7) is 2.15. The van der Waals surface area contributed by atoms with Crippen molar-refractivity contribution in [3.8, 4) is 11.5 Å². The van der Waals surface area contributed by atoms with Crippen LogP contribution in [-0.4, -0.2) is 48.5 Å². The fourth-order valence-corrected chi connectivity index (χ4v) is 5.40. The number of hydrogen-bond donors (Lipinski definition) is 1. The zero-order valence-electron chi connectivity index (χ0n) is 16.0. The Morgan fingerprint density at radius 3 is 2.37 bits per heavy atom. The highest BCUT2D eigenvalue weighted by Crippen LogP contribution is 2.27. The van der Waals surface area contributed by atoms with Crippen LogP contribution in [0.2, 0.25) is 0 Å². The minimum absolute atomic E-state index is 0.0685. The molecular weight excluding hydrogens is 469 g/mol. The van der Waals surface area contributed by atoms with Gasteiger partial charge in [0, 0.05) is 35.8 Å². The molecule has 0 saturated carbocycles. The molecule has 0 fully saturated rings. The smallest absolute Gasteiger partial charge is 0.257 e. The van der Waals surface area contributed by atoms with Crippen molar-refractivity contribution in [2.45, 2.75) is 11.8 Å². The van der Waals surface area contributed by atoms with Crippen molar-refractivity contribution in [2.24, 2.45) is 0 Å². The maximum atomic E-state index is 12.7. The van der Waals surface area contributed by atoms with Crippen LogP contribution in [-0.2, 0) is 10.0 Å². The molecule has 0 aliphatic rings. The molecule has 7 nitrogen and oxygen atoms in total. The molecule has 0 aliphatic carbocycles. The molecule has 2 heterocycles. The summed E-state index contributed by atoms with van der Waals surface area (Å²) in [4.78, 5) is 16.9. The number of nitrogens with zero attached hydrogens (tertiary/aromatic N) is 2. The van der Waals surface area contributed by atoms with Gasteiger partial charge in [0.1, 0.15) is 11.5 Å². The lowest BCUT2D eigenvalue weighted by molar-refractivity contribution is 0.102. The number of thiazole rings is 1. The van der Waals surface area contributed by atoms with Crippen molar-refractivity contribution < 1.29 is 17.6 Å². The predicted octanol–water partition coefficient (Wildman–Crippen LogP) is 4.43. The number of carbonyl (C=O) groups excluding carboxylic acids is 1. The maximum Gasteiger partial charge on any atom is 0.257 e. The van der Waals surface area contributed by atoms with Gasteiger partial charge in [-0.3, -0.25) is 10.1 Å². The number of amides is 1. The van der Waals surface area contributed by atoms with Crippen LogP contribution in [0, 0.1) is 6.92 Å². The van der Waals surface area contributed by atoms with Crippen LogP contribution in [0.1, 0.15) is 16.1 Å². The highest BCUT2D eigenvalue weighted by molar-refractivity contribution is 7.89. The molecule has 11 heteroatoms. The first-order valence-corrected chi connectivity index (χ1v) is 12.3. The van der Waals surface area contributed by atoms with Crippen molar-refractivity contribution in [1.29, 1.82) is 0 Å². The molecule has 3 aromatic rings. The van der Waals surface area contributed by atoms with E-state index in [0.717, 1.165) is 5.76 Å². The van der Waals surface area contributed by atoms with Gasteiger partial charge in [-0.15, -0.1) is 34.5 Å². The largest absolute Gasteiger partial charge is 0.460 e. The van der Waals surface area contributed by atoms with E-state index in [-0.39, 0.29) is 29.7 Å². The standard InChI is InChI=1S/C19H19Cl2N3O4S2/c1-13-2-7-17(28-13)16-12-29-19(22-16)23-18(25)14-3-5-15(6-4-14)30(26,27)24(10-8-20)11-9-21/h2-7,12H,8-11H2,1H3,(H,22,23,25). The van der Waals surface area contributed by atoms with Gasteiger partial charge in [-0.25, -0.2) is 13.4 Å². The van der Waals surface area contributed by atoms with Crippen molar-refractivity contribution >= 4 is 55.6 Å². The lowest BCUT2D eigenvalue weighted by atomic mass is 10.2. The number of sulfonamides is 1. The molecule has 0 radical (unpaired) electrons. The second-order valence-electron chi connectivity index (χ2n) is 6.21. The summed E-state index contributed by atoms with van der Waals surface area (Å²) in [6.07, 6.45) is 0. The van der Waals surface area contributed by atoms with Crippen molar-refractivity contribution in [3.63, 3.8) is 0 Å². The Morgan fingerprint density at radius 2 is 1.80 bits per heavy atom. The zero-order chi connectivity index (χ0) is 21.7. The number of aryl methyl sites for hydroxylation is 1. The number of halogens is 2. The summed E-state index contributed by atoms with van der Waals surface area (Å²) >= 11 is 12.7. The van der Waals surface area contributed by atoms with E-state index in [1.165, 1.54) is 39.9 Å². The number of furan rings is 1. The first-order valence-electron chi connectivity index (χ1n) is 8.91. The van der Waals surface area contributed by atoms with Gasteiger partial charge < -0.3 is 4.42 Å². The number of anilines is 1. The first kappa shape index (κ1) is 22.8. The second-order valence-corrected chi connectivity index (χ2v) is 9.76. The lowest BCUT2D eigenvalue weighted by Gasteiger charge is -2.20. The topological polar surface area (TPSA) is 92.5 Å². The third-order valence-corrected chi connectivity index (χ3v) is 7.15. The number of hydrogen-bond acceptors (Lipinski definition) is 6. The van der Waals surface area contributed by atoms with E-state index in [9.17, 15) is 13.2 Å². The van der Waals surface area contributed by atoms with Crippen molar-refractivity contribution in [1.82, 2.24) is 9.29 Å². The Morgan fingerprint density at radius 1 is 1.13 bits per heavy atom. The summed E-state index contributed by atoms with van der Waals surface area (Å²) in [5, 5.41) is 4.91. The van der Waals surface area contributed by atoms with Gasteiger partial charge in [-0.05, 0) is 43.3 Å². The van der Waals surface area contributed by atoms with Gasteiger partial charge in [0.25, 0.3) is 5.91 Å². The second kappa shape index (κ2) is 9.93. The minimum Gasteiger partial charge on any atom is -0.460 e. The molecule has 0 aliphatic heterocycles. The van der Waals surface area contributed by atoms with Crippen molar-refractivity contribution in [3.05, 3.63) is 53.1 Å². The first-order chi connectivity index (χ1) is 14.3. The number of benzene rings is 1. The van der Waals surface area contributed by atoms with Crippen LogP contribution in [0.3, 0.4) is 0 Å². The minimum atomic E-state index is -3.74. The highest BCUT2D eigenvalue weighted by Gasteiger charge is 2.24. The van der Waals surface area contributed by atoms with E-state index in [0.29, 0.717) is 22.1 Å². The monoisotopic (exact) mass is 487 g/mol. The fourth-order valence-electron chi connectivity index (χ4n) is 2.65. The van der Waals surface area contributed by atoms with E-state index >= 15 is 0 Å². The lowest BCUT2D eigenvalue weighted by Crippen LogP contribution is -2.34. The SMILES string of the molecule is Cc1ccc(-c2csc(NC(=O)c3ccc(S(=O)(=O)N(CCCl)CCCl)cc3)n2)o1.